The van der Waals surface area contributed by atoms with E-state index in [4.69, 9.17) is 5.11 Å². The first-order chi connectivity index (χ1) is 5.18. The summed E-state index contributed by atoms with van der Waals surface area (Å²) in [7, 11) is 0. The third-order valence-corrected chi connectivity index (χ3v) is 1.44. The van der Waals surface area contributed by atoms with Crippen LogP contribution in [-0.4, -0.2) is 29.8 Å². The third-order valence-electron chi connectivity index (χ3n) is 1.44. The van der Waals surface area contributed by atoms with Gasteiger partial charge in [0.05, 0.1) is 13.0 Å². The molecule has 0 aromatic carbocycles. The molecule has 1 fully saturated rings. The molecule has 0 spiro atoms. The maximum atomic E-state index is 10.5. The molecule has 1 aliphatic rings. The van der Waals surface area contributed by atoms with Gasteiger partial charge in [-0.2, -0.15) is 0 Å². The molecule has 1 atom stereocenters. The molecule has 5 heteroatoms. The van der Waals surface area contributed by atoms with E-state index in [1.54, 1.807) is 0 Å². The molecular weight excluding hydrogens is 150 g/mol. The van der Waals surface area contributed by atoms with Gasteiger partial charge in [0.1, 0.15) is 0 Å². The molecule has 0 saturated carbocycles. The predicted octanol–water partition coefficient (Wildman–Crippen LogP) is -0.0404. The largest absolute Gasteiger partial charge is 0.481 e. The molecule has 11 heavy (non-hydrogen) atoms. The van der Waals surface area contributed by atoms with Gasteiger partial charge < -0.3 is 15.2 Å². The number of aliphatic carboxylic acids is 1. The number of nitrogens with one attached hydrogen (secondary N) is 1. The summed E-state index contributed by atoms with van der Waals surface area (Å²) in [5.41, 5.74) is 0. The second-order valence-corrected chi connectivity index (χ2v) is 2.36. The number of carboxylic acid groups (broad SMARTS) is 1. The van der Waals surface area contributed by atoms with Crippen LogP contribution in [0.15, 0.2) is 0 Å². The first-order valence-electron chi connectivity index (χ1n) is 3.33. The normalized spacial score (nSPS) is 23.6. The van der Waals surface area contributed by atoms with Crippen LogP contribution in [0.4, 0.5) is 4.79 Å². The molecule has 1 heterocycles. The molecule has 1 saturated heterocycles. The molecule has 0 aromatic heterocycles. The number of hydrogen-bond acceptors (Lipinski definition) is 3. The molecule has 5 nitrogen and oxygen atoms in total. The van der Waals surface area contributed by atoms with Crippen LogP contribution in [0.1, 0.15) is 12.8 Å². The van der Waals surface area contributed by atoms with E-state index in [0.717, 1.165) is 0 Å². The SMILES string of the molecule is O=C(O)CC1CCOC(=O)N1. The van der Waals surface area contributed by atoms with Crippen LogP contribution in [0.25, 0.3) is 0 Å². The second-order valence-electron chi connectivity index (χ2n) is 2.36. The summed E-state index contributed by atoms with van der Waals surface area (Å²) in [6, 6.07) is -0.270. The number of alkyl carbamates (subject to hydrolysis) is 1. The molecule has 1 aliphatic heterocycles. The van der Waals surface area contributed by atoms with E-state index in [0.29, 0.717) is 13.0 Å². The van der Waals surface area contributed by atoms with Crippen molar-refractivity contribution in [3.8, 4) is 0 Å². The van der Waals surface area contributed by atoms with Crippen LogP contribution >= 0.6 is 0 Å². The van der Waals surface area contributed by atoms with Gasteiger partial charge in [-0.15, -0.1) is 0 Å². The highest BCUT2D eigenvalue weighted by molar-refractivity contribution is 5.71. The summed E-state index contributed by atoms with van der Waals surface area (Å²) in [6.07, 6.45) is 0.00940. The van der Waals surface area contributed by atoms with Crippen molar-refractivity contribution >= 4 is 12.1 Å². The fraction of sp³-hybridized carbons (Fsp3) is 0.667. The quantitative estimate of drug-likeness (QED) is 0.592. The zero-order valence-electron chi connectivity index (χ0n) is 5.87. The Kier molecular flexibility index (Phi) is 2.30. The Morgan fingerprint density at radius 1 is 1.82 bits per heavy atom. The van der Waals surface area contributed by atoms with E-state index < -0.39 is 12.1 Å². The van der Waals surface area contributed by atoms with Crippen LogP contribution in [0.2, 0.25) is 0 Å². The van der Waals surface area contributed by atoms with Crippen molar-refractivity contribution in [1.29, 1.82) is 0 Å². The van der Waals surface area contributed by atoms with Crippen LogP contribution in [0.3, 0.4) is 0 Å². The van der Waals surface area contributed by atoms with Gasteiger partial charge in [-0.05, 0) is 0 Å². The highest BCUT2D eigenvalue weighted by atomic mass is 16.5. The molecule has 0 aromatic rings. The second kappa shape index (κ2) is 3.23. The van der Waals surface area contributed by atoms with E-state index in [1.807, 2.05) is 0 Å². The average Bonchev–Trinajstić information content (AvgIpc) is 1.85. The van der Waals surface area contributed by atoms with Gasteiger partial charge >= 0.3 is 12.1 Å². The van der Waals surface area contributed by atoms with Crippen molar-refractivity contribution in [2.45, 2.75) is 18.9 Å². The Morgan fingerprint density at radius 2 is 2.55 bits per heavy atom. The minimum absolute atomic E-state index is 0.0326. The number of carbonyl (C=O) groups excluding carboxylic acids is 1. The number of cyclic esters (lactones) is 1. The highest BCUT2D eigenvalue weighted by Crippen LogP contribution is 2.04. The Hall–Kier alpha value is -1.26. The lowest BCUT2D eigenvalue weighted by Gasteiger charge is -2.21. The van der Waals surface area contributed by atoms with Crippen LogP contribution in [0, 0.1) is 0 Å². The Balaban J connectivity index is 2.34. The van der Waals surface area contributed by atoms with Crippen molar-refractivity contribution in [3.05, 3.63) is 0 Å². The first-order valence-corrected chi connectivity index (χ1v) is 3.33. The van der Waals surface area contributed by atoms with Crippen molar-refractivity contribution in [1.82, 2.24) is 5.32 Å². The lowest BCUT2D eigenvalue weighted by molar-refractivity contribution is -0.137. The van der Waals surface area contributed by atoms with Crippen molar-refractivity contribution < 1.29 is 19.4 Å². The number of carbonyl (C=O) groups is 2. The molecule has 2 N–H and O–H groups in total. The molecular formula is C6H9NO4. The Bertz CT molecular complexity index is 177. The number of ether oxygens (including phenoxy) is 1. The maximum Gasteiger partial charge on any atom is 0.407 e. The molecule has 1 unspecified atom stereocenters. The molecule has 0 aliphatic carbocycles. The first kappa shape index (κ1) is 7.84. The van der Waals surface area contributed by atoms with E-state index >= 15 is 0 Å². The third kappa shape index (κ3) is 2.45. The van der Waals surface area contributed by atoms with Crippen LogP contribution in [-0.2, 0) is 9.53 Å². The van der Waals surface area contributed by atoms with E-state index in [9.17, 15) is 9.59 Å². The van der Waals surface area contributed by atoms with E-state index in [1.165, 1.54) is 0 Å². The summed E-state index contributed by atoms with van der Waals surface area (Å²) < 4.78 is 4.55. The summed E-state index contributed by atoms with van der Waals surface area (Å²) in [5.74, 6) is -0.905. The van der Waals surface area contributed by atoms with Gasteiger partial charge in [0, 0.05) is 12.5 Å². The van der Waals surface area contributed by atoms with Crippen molar-refractivity contribution in [3.63, 3.8) is 0 Å². The number of carboxylic acids is 1. The van der Waals surface area contributed by atoms with Crippen molar-refractivity contribution in [2.75, 3.05) is 6.61 Å². The summed E-state index contributed by atoms with van der Waals surface area (Å²) in [6.45, 7) is 0.309. The summed E-state index contributed by atoms with van der Waals surface area (Å²) in [4.78, 5) is 20.7. The van der Waals surface area contributed by atoms with E-state index in [-0.39, 0.29) is 12.5 Å². The smallest absolute Gasteiger partial charge is 0.407 e. The monoisotopic (exact) mass is 159 g/mol. The molecule has 1 rings (SSSR count). The fourth-order valence-electron chi connectivity index (χ4n) is 0.938. The predicted molar refractivity (Wildman–Crippen MR) is 35.1 cm³/mol. The van der Waals surface area contributed by atoms with E-state index in [2.05, 4.69) is 10.1 Å². The van der Waals surface area contributed by atoms with Gasteiger partial charge in [0.15, 0.2) is 0 Å². The van der Waals surface area contributed by atoms with Gasteiger partial charge in [-0.25, -0.2) is 4.79 Å². The van der Waals surface area contributed by atoms with Gasteiger partial charge in [-0.1, -0.05) is 0 Å². The lowest BCUT2D eigenvalue weighted by Crippen LogP contribution is -2.42. The molecule has 0 radical (unpaired) electrons. The highest BCUT2D eigenvalue weighted by Gasteiger charge is 2.20. The average molecular weight is 159 g/mol. The fourth-order valence-corrected chi connectivity index (χ4v) is 0.938. The van der Waals surface area contributed by atoms with Gasteiger partial charge in [0.25, 0.3) is 0 Å². The molecule has 0 bridgehead atoms. The molecule has 62 valence electrons. The van der Waals surface area contributed by atoms with Gasteiger partial charge in [0.2, 0.25) is 0 Å². The number of amides is 1. The Labute approximate surface area is 63.3 Å². The zero-order valence-corrected chi connectivity index (χ0v) is 5.87. The number of rotatable bonds is 2. The zero-order chi connectivity index (χ0) is 8.27. The van der Waals surface area contributed by atoms with Crippen molar-refractivity contribution in [2.24, 2.45) is 0 Å². The summed E-state index contributed by atoms with van der Waals surface area (Å²) in [5, 5.41) is 10.8. The minimum Gasteiger partial charge on any atom is -0.481 e. The lowest BCUT2D eigenvalue weighted by atomic mass is 10.1. The Morgan fingerprint density at radius 3 is 3.09 bits per heavy atom. The topological polar surface area (TPSA) is 75.6 Å². The summed E-state index contributed by atoms with van der Waals surface area (Å²) >= 11 is 0. The number of hydrogen-bond donors (Lipinski definition) is 2. The van der Waals surface area contributed by atoms with Crippen LogP contribution in [0.5, 0.6) is 0 Å². The van der Waals surface area contributed by atoms with Gasteiger partial charge in [-0.3, -0.25) is 4.79 Å². The van der Waals surface area contributed by atoms with Crippen LogP contribution < -0.4 is 5.32 Å². The molecule has 1 amide bonds. The standard InChI is InChI=1S/C6H9NO4/c8-5(9)3-4-1-2-11-6(10)7-4/h4H,1-3H2,(H,7,10)(H,8,9). The maximum absolute atomic E-state index is 10.5. The minimum atomic E-state index is -0.905.